The SMILES string of the molecule is CC.COc1ccc(Cn2cc3cncc(C(=O)Nc4cn(C)nc4-c4cc(Cl)ccc4OC)c3n2)cc1. The minimum atomic E-state index is -0.349. The molecule has 0 saturated carbocycles. The first-order valence-corrected chi connectivity index (χ1v) is 12.5. The van der Waals surface area contributed by atoms with Crippen molar-refractivity contribution in [2.75, 3.05) is 19.5 Å². The van der Waals surface area contributed by atoms with Crippen molar-refractivity contribution in [2.45, 2.75) is 20.4 Å². The van der Waals surface area contributed by atoms with Crippen LogP contribution in [0.4, 0.5) is 5.69 Å². The van der Waals surface area contributed by atoms with E-state index in [-0.39, 0.29) is 5.91 Å². The number of carbonyl (C=O) groups is 1. The van der Waals surface area contributed by atoms with Crippen molar-refractivity contribution in [1.82, 2.24) is 24.5 Å². The lowest BCUT2D eigenvalue weighted by atomic mass is 10.1. The number of nitrogens with one attached hydrogen (secondary N) is 1. The molecule has 0 atom stereocenters. The van der Waals surface area contributed by atoms with Crippen LogP contribution < -0.4 is 14.8 Å². The first-order valence-electron chi connectivity index (χ1n) is 12.1. The monoisotopic (exact) mass is 532 g/mol. The molecule has 0 aliphatic rings. The summed E-state index contributed by atoms with van der Waals surface area (Å²) in [5, 5.41) is 13.4. The van der Waals surface area contributed by atoms with Crippen molar-refractivity contribution in [3.8, 4) is 22.8 Å². The van der Waals surface area contributed by atoms with Gasteiger partial charge < -0.3 is 14.8 Å². The number of hydrogen-bond acceptors (Lipinski definition) is 6. The predicted molar refractivity (Wildman–Crippen MR) is 149 cm³/mol. The van der Waals surface area contributed by atoms with Gasteiger partial charge in [-0.3, -0.25) is 19.1 Å². The molecule has 1 N–H and O–H groups in total. The zero-order valence-corrected chi connectivity index (χ0v) is 22.7. The number of anilines is 1. The Morgan fingerprint density at radius 1 is 1.00 bits per heavy atom. The largest absolute Gasteiger partial charge is 0.497 e. The average molecular weight is 533 g/mol. The molecule has 38 heavy (non-hydrogen) atoms. The topological polar surface area (TPSA) is 96.1 Å². The van der Waals surface area contributed by atoms with Crippen LogP contribution >= 0.6 is 11.6 Å². The molecule has 196 valence electrons. The fraction of sp³-hybridized carbons (Fsp3) is 0.214. The third-order valence-electron chi connectivity index (χ3n) is 5.70. The van der Waals surface area contributed by atoms with Crippen LogP contribution in [0.25, 0.3) is 22.2 Å². The van der Waals surface area contributed by atoms with Crippen molar-refractivity contribution in [1.29, 1.82) is 0 Å². The molecule has 0 bridgehead atoms. The summed E-state index contributed by atoms with van der Waals surface area (Å²) in [6.07, 6.45) is 6.80. The van der Waals surface area contributed by atoms with Crippen molar-refractivity contribution >= 4 is 34.1 Å². The van der Waals surface area contributed by atoms with Gasteiger partial charge in [-0.15, -0.1) is 0 Å². The molecular formula is C28H29ClN6O3. The van der Waals surface area contributed by atoms with Crippen LogP contribution in [0.2, 0.25) is 5.02 Å². The minimum Gasteiger partial charge on any atom is -0.497 e. The Morgan fingerprint density at radius 3 is 2.47 bits per heavy atom. The predicted octanol–water partition coefficient (Wildman–Crippen LogP) is 5.83. The zero-order valence-electron chi connectivity index (χ0n) is 21.9. The number of carbonyl (C=O) groups excluding carboxylic acids is 1. The second kappa shape index (κ2) is 11.8. The lowest BCUT2D eigenvalue weighted by Gasteiger charge is -2.10. The molecule has 9 nitrogen and oxygen atoms in total. The summed E-state index contributed by atoms with van der Waals surface area (Å²) in [4.78, 5) is 17.6. The number of aromatic nitrogens is 5. The first kappa shape index (κ1) is 26.7. The number of amides is 1. The number of ether oxygens (including phenoxy) is 2. The van der Waals surface area contributed by atoms with Crippen LogP contribution in [-0.2, 0) is 13.6 Å². The summed E-state index contributed by atoms with van der Waals surface area (Å²) in [7, 11) is 4.98. The highest BCUT2D eigenvalue weighted by Crippen LogP contribution is 2.36. The highest BCUT2D eigenvalue weighted by molar-refractivity contribution is 6.31. The van der Waals surface area contributed by atoms with E-state index >= 15 is 0 Å². The summed E-state index contributed by atoms with van der Waals surface area (Å²) in [5.41, 5.74) is 3.68. The molecule has 0 spiro atoms. The van der Waals surface area contributed by atoms with E-state index in [0.717, 1.165) is 16.7 Å². The maximum absolute atomic E-state index is 13.4. The number of methoxy groups -OCH3 is 2. The van der Waals surface area contributed by atoms with Crippen molar-refractivity contribution in [2.24, 2.45) is 7.05 Å². The number of benzene rings is 2. The highest BCUT2D eigenvalue weighted by Gasteiger charge is 2.20. The molecule has 0 saturated heterocycles. The van der Waals surface area contributed by atoms with E-state index in [1.54, 1.807) is 61.2 Å². The molecule has 0 aliphatic carbocycles. The van der Waals surface area contributed by atoms with Gasteiger partial charge in [0.2, 0.25) is 0 Å². The van der Waals surface area contributed by atoms with E-state index < -0.39 is 0 Å². The number of rotatable bonds is 7. The van der Waals surface area contributed by atoms with Crippen LogP contribution in [0.5, 0.6) is 11.5 Å². The quantitative estimate of drug-likeness (QED) is 0.283. The van der Waals surface area contributed by atoms with Crippen molar-refractivity contribution < 1.29 is 14.3 Å². The van der Waals surface area contributed by atoms with Gasteiger partial charge in [-0.2, -0.15) is 10.2 Å². The Morgan fingerprint density at radius 2 is 1.76 bits per heavy atom. The van der Waals surface area contributed by atoms with Crippen LogP contribution in [0.3, 0.4) is 0 Å². The van der Waals surface area contributed by atoms with Gasteiger partial charge in [-0.05, 0) is 35.9 Å². The molecule has 0 aliphatic heterocycles. The van der Waals surface area contributed by atoms with E-state index in [0.29, 0.717) is 45.3 Å². The van der Waals surface area contributed by atoms with E-state index in [9.17, 15) is 4.79 Å². The van der Waals surface area contributed by atoms with E-state index in [2.05, 4.69) is 20.5 Å². The molecule has 0 radical (unpaired) electrons. The molecule has 5 rings (SSSR count). The maximum Gasteiger partial charge on any atom is 0.259 e. The number of aryl methyl sites for hydroxylation is 1. The molecule has 1 amide bonds. The van der Waals surface area contributed by atoms with Gasteiger partial charge in [0.05, 0.1) is 32.0 Å². The third-order valence-corrected chi connectivity index (χ3v) is 5.94. The molecule has 5 aromatic rings. The fourth-order valence-corrected chi connectivity index (χ4v) is 4.16. The Hall–Kier alpha value is -4.37. The number of nitrogens with zero attached hydrogens (tertiary/aromatic N) is 5. The molecule has 0 unspecified atom stereocenters. The van der Waals surface area contributed by atoms with Crippen LogP contribution in [0, 0.1) is 0 Å². The Kier molecular flexibility index (Phi) is 8.28. The average Bonchev–Trinajstić information content (AvgIpc) is 3.52. The smallest absolute Gasteiger partial charge is 0.259 e. The Bertz CT molecular complexity index is 1560. The molecular weight excluding hydrogens is 504 g/mol. The van der Waals surface area contributed by atoms with Gasteiger partial charge in [0.1, 0.15) is 22.7 Å². The maximum atomic E-state index is 13.4. The third kappa shape index (κ3) is 5.63. The lowest BCUT2D eigenvalue weighted by molar-refractivity contribution is 0.102. The molecule has 2 aromatic carbocycles. The number of hydrogen-bond donors (Lipinski definition) is 1. The summed E-state index contributed by atoms with van der Waals surface area (Å²) < 4.78 is 14.1. The van der Waals surface area contributed by atoms with E-state index in [4.69, 9.17) is 21.1 Å². The summed E-state index contributed by atoms with van der Waals surface area (Å²) >= 11 is 6.22. The zero-order chi connectivity index (χ0) is 27.2. The minimum absolute atomic E-state index is 0.349. The van der Waals surface area contributed by atoms with Gasteiger partial charge in [0.15, 0.2) is 0 Å². The Balaban J connectivity index is 0.00000164. The number of fused-ring (bicyclic) bond motifs is 1. The highest BCUT2D eigenvalue weighted by atomic mass is 35.5. The lowest BCUT2D eigenvalue weighted by Crippen LogP contribution is -2.13. The van der Waals surface area contributed by atoms with Gasteiger partial charge in [0.25, 0.3) is 5.91 Å². The molecule has 3 aromatic heterocycles. The van der Waals surface area contributed by atoms with Gasteiger partial charge >= 0.3 is 0 Å². The molecule has 10 heteroatoms. The molecule has 0 fully saturated rings. The van der Waals surface area contributed by atoms with Crippen molar-refractivity contribution in [3.63, 3.8) is 0 Å². The van der Waals surface area contributed by atoms with Gasteiger partial charge in [0, 0.05) is 47.8 Å². The van der Waals surface area contributed by atoms with Crippen LogP contribution in [0.1, 0.15) is 29.8 Å². The summed E-state index contributed by atoms with van der Waals surface area (Å²) in [5.74, 6) is 1.03. The Labute approximate surface area is 226 Å². The van der Waals surface area contributed by atoms with Crippen LogP contribution in [0.15, 0.2) is 67.3 Å². The molecule has 3 heterocycles. The van der Waals surface area contributed by atoms with E-state index in [1.165, 1.54) is 6.20 Å². The number of halogens is 1. The van der Waals surface area contributed by atoms with Gasteiger partial charge in [-0.1, -0.05) is 37.6 Å². The standard InChI is InChI=1S/C26H23ClN6O3.C2H6/c1-32-15-22(25(30-32)20-10-18(27)6-9-23(20)36-3)29-26(34)21-12-28-11-17-14-33(31-24(17)21)13-16-4-7-19(35-2)8-5-16;1-2/h4-12,14-15H,13H2,1-3H3,(H,29,34);1-2H3. The fourth-order valence-electron chi connectivity index (χ4n) is 3.99. The number of pyridine rings is 1. The van der Waals surface area contributed by atoms with Crippen molar-refractivity contribution in [3.05, 3.63) is 83.4 Å². The first-order chi connectivity index (χ1) is 18.4. The normalized spacial score (nSPS) is 10.6. The second-order valence-electron chi connectivity index (χ2n) is 8.16. The van der Waals surface area contributed by atoms with Gasteiger partial charge in [-0.25, -0.2) is 0 Å². The second-order valence-corrected chi connectivity index (χ2v) is 8.60. The van der Waals surface area contributed by atoms with E-state index in [1.807, 2.05) is 44.3 Å². The summed E-state index contributed by atoms with van der Waals surface area (Å²) in [6, 6.07) is 13.0. The summed E-state index contributed by atoms with van der Waals surface area (Å²) in [6.45, 7) is 4.54. The van der Waals surface area contributed by atoms with Crippen LogP contribution in [-0.4, -0.2) is 44.7 Å².